The van der Waals surface area contributed by atoms with E-state index in [2.05, 4.69) is 6.07 Å². The maximum atomic E-state index is 9.36. The van der Waals surface area contributed by atoms with Gasteiger partial charge in [-0.3, -0.25) is 0 Å². The van der Waals surface area contributed by atoms with Gasteiger partial charge in [-0.15, -0.1) is 11.8 Å². The summed E-state index contributed by atoms with van der Waals surface area (Å²) in [5, 5.41) is 10.2. The molecule has 1 spiro atoms. The van der Waals surface area contributed by atoms with Crippen LogP contribution >= 0.6 is 11.8 Å². The van der Waals surface area contributed by atoms with Gasteiger partial charge in [0.05, 0.1) is 6.07 Å². The molecule has 0 atom stereocenters. The quantitative estimate of drug-likeness (QED) is 0.706. The van der Waals surface area contributed by atoms with E-state index in [1.807, 2.05) is 11.8 Å². The van der Waals surface area contributed by atoms with Crippen LogP contribution in [0.25, 0.3) is 0 Å². The average molecular weight is 221 g/mol. The van der Waals surface area contributed by atoms with Crippen LogP contribution in [0, 0.1) is 16.7 Å². The molecule has 0 bridgehead atoms. The lowest BCUT2D eigenvalue weighted by Crippen LogP contribution is -2.42. The highest BCUT2D eigenvalue weighted by Crippen LogP contribution is 2.69. The number of hydrogen-bond acceptors (Lipinski definition) is 2. The maximum Gasteiger partial charge on any atom is 0.104 e. The Morgan fingerprint density at radius 2 is 1.73 bits per heavy atom. The minimum atomic E-state index is 0.0402. The summed E-state index contributed by atoms with van der Waals surface area (Å²) in [7, 11) is 0. The monoisotopic (exact) mass is 221 g/mol. The van der Waals surface area contributed by atoms with Crippen LogP contribution in [0.4, 0.5) is 0 Å². The van der Waals surface area contributed by atoms with E-state index in [4.69, 9.17) is 0 Å². The van der Waals surface area contributed by atoms with Crippen molar-refractivity contribution in [3.05, 3.63) is 0 Å². The normalized spacial score (nSPS) is 31.9. The van der Waals surface area contributed by atoms with Gasteiger partial charge in [-0.1, -0.05) is 19.3 Å². The molecule has 3 rings (SSSR count). The van der Waals surface area contributed by atoms with Crippen LogP contribution in [-0.2, 0) is 0 Å². The van der Waals surface area contributed by atoms with Crippen LogP contribution in [0.3, 0.4) is 0 Å². The SMILES string of the molecule is N#CC1(SC2CCCCC2)CC2(CC2)C1. The zero-order valence-electron chi connectivity index (χ0n) is 9.30. The van der Waals surface area contributed by atoms with Crippen molar-refractivity contribution in [2.45, 2.75) is 67.8 Å². The first kappa shape index (κ1) is 10.0. The molecule has 0 amide bonds. The molecule has 0 aromatic heterocycles. The van der Waals surface area contributed by atoms with E-state index in [-0.39, 0.29) is 4.75 Å². The molecule has 0 aliphatic heterocycles. The molecule has 3 saturated carbocycles. The first-order valence-corrected chi connectivity index (χ1v) is 7.23. The van der Waals surface area contributed by atoms with E-state index in [0.717, 1.165) is 5.25 Å². The molecule has 3 aliphatic carbocycles. The van der Waals surface area contributed by atoms with Crippen molar-refractivity contribution in [2.24, 2.45) is 5.41 Å². The van der Waals surface area contributed by atoms with Gasteiger partial charge in [0, 0.05) is 5.25 Å². The van der Waals surface area contributed by atoms with Gasteiger partial charge in [-0.25, -0.2) is 0 Å². The van der Waals surface area contributed by atoms with Gasteiger partial charge in [-0.05, 0) is 43.9 Å². The Morgan fingerprint density at radius 1 is 1.07 bits per heavy atom. The van der Waals surface area contributed by atoms with E-state index in [0.29, 0.717) is 5.41 Å². The lowest BCUT2D eigenvalue weighted by Gasteiger charge is -2.45. The number of rotatable bonds is 2. The minimum Gasteiger partial charge on any atom is -0.197 e. The molecular formula is C13H19NS. The van der Waals surface area contributed by atoms with Crippen molar-refractivity contribution >= 4 is 11.8 Å². The largest absolute Gasteiger partial charge is 0.197 e. The highest BCUT2D eigenvalue weighted by Gasteiger charge is 2.62. The smallest absolute Gasteiger partial charge is 0.104 e. The first-order valence-electron chi connectivity index (χ1n) is 6.35. The van der Waals surface area contributed by atoms with Crippen molar-refractivity contribution in [1.29, 1.82) is 5.26 Å². The second kappa shape index (κ2) is 3.42. The van der Waals surface area contributed by atoms with Gasteiger partial charge in [0.25, 0.3) is 0 Å². The van der Waals surface area contributed by atoms with Gasteiger partial charge >= 0.3 is 0 Å². The van der Waals surface area contributed by atoms with E-state index >= 15 is 0 Å². The summed E-state index contributed by atoms with van der Waals surface area (Å²) in [6, 6.07) is 2.62. The third kappa shape index (κ3) is 1.80. The van der Waals surface area contributed by atoms with Gasteiger partial charge in [0.1, 0.15) is 4.75 Å². The van der Waals surface area contributed by atoms with Gasteiger partial charge in [0.15, 0.2) is 0 Å². The molecule has 0 saturated heterocycles. The molecule has 82 valence electrons. The Morgan fingerprint density at radius 3 is 2.27 bits per heavy atom. The zero-order chi connectivity index (χ0) is 10.4. The second-order valence-electron chi connectivity index (χ2n) is 5.84. The topological polar surface area (TPSA) is 23.8 Å². The molecule has 0 aromatic rings. The third-order valence-electron chi connectivity index (χ3n) is 4.43. The van der Waals surface area contributed by atoms with Crippen molar-refractivity contribution in [3.8, 4) is 6.07 Å². The van der Waals surface area contributed by atoms with E-state index in [1.54, 1.807) is 0 Å². The van der Waals surface area contributed by atoms with Crippen LogP contribution in [0.15, 0.2) is 0 Å². The Bertz CT molecular complexity index is 286. The number of nitrogens with zero attached hydrogens (tertiary/aromatic N) is 1. The molecule has 0 heterocycles. The molecule has 0 N–H and O–H groups in total. The number of nitriles is 1. The third-order valence-corrected chi connectivity index (χ3v) is 6.06. The zero-order valence-corrected chi connectivity index (χ0v) is 10.1. The van der Waals surface area contributed by atoms with Crippen molar-refractivity contribution in [2.75, 3.05) is 0 Å². The summed E-state index contributed by atoms with van der Waals surface area (Å²) < 4.78 is 0.0402. The number of hydrogen-bond donors (Lipinski definition) is 0. The molecule has 2 heteroatoms. The van der Waals surface area contributed by atoms with E-state index in [1.165, 1.54) is 57.8 Å². The lowest BCUT2D eigenvalue weighted by atomic mass is 9.72. The van der Waals surface area contributed by atoms with Crippen LogP contribution in [-0.4, -0.2) is 10.00 Å². The van der Waals surface area contributed by atoms with E-state index in [9.17, 15) is 5.26 Å². The molecule has 15 heavy (non-hydrogen) atoms. The standard InChI is InChI=1S/C13H19NS/c14-10-13(8-12(9-13)6-7-12)15-11-4-2-1-3-5-11/h11H,1-9H2. The van der Waals surface area contributed by atoms with Gasteiger partial charge in [0.2, 0.25) is 0 Å². The fourth-order valence-electron chi connectivity index (χ4n) is 3.38. The predicted molar refractivity (Wildman–Crippen MR) is 63.7 cm³/mol. The summed E-state index contributed by atoms with van der Waals surface area (Å²) in [5.41, 5.74) is 0.664. The summed E-state index contributed by atoms with van der Waals surface area (Å²) in [6.45, 7) is 0. The van der Waals surface area contributed by atoms with Crippen LogP contribution < -0.4 is 0 Å². The Hall–Kier alpha value is -0.160. The Kier molecular flexibility index (Phi) is 2.28. The molecule has 0 radical (unpaired) electrons. The van der Waals surface area contributed by atoms with Crippen molar-refractivity contribution in [3.63, 3.8) is 0 Å². The van der Waals surface area contributed by atoms with E-state index < -0.39 is 0 Å². The average Bonchev–Trinajstić information content (AvgIpc) is 2.98. The Labute approximate surface area is 96.6 Å². The Balaban J connectivity index is 1.58. The molecule has 3 fully saturated rings. The molecule has 1 nitrogen and oxygen atoms in total. The summed E-state index contributed by atoms with van der Waals surface area (Å²) in [4.78, 5) is 0. The van der Waals surface area contributed by atoms with Crippen LogP contribution in [0.1, 0.15) is 57.8 Å². The predicted octanol–water partition coefficient (Wildman–Crippen LogP) is 3.89. The molecule has 0 aromatic carbocycles. The number of thioether (sulfide) groups is 1. The lowest BCUT2D eigenvalue weighted by molar-refractivity contribution is 0.249. The summed E-state index contributed by atoms with van der Waals surface area (Å²) in [5.74, 6) is 0. The van der Waals surface area contributed by atoms with Crippen LogP contribution in [0.2, 0.25) is 0 Å². The van der Waals surface area contributed by atoms with Crippen LogP contribution in [0.5, 0.6) is 0 Å². The van der Waals surface area contributed by atoms with Gasteiger partial charge < -0.3 is 0 Å². The molecular weight excluding hydrogens is 202 g/mol. The second-order valence-corrected chi connectivity index (χ2v) is 7.52. The van der Waals surface area contributed by atoms with Crippen molar-refractivity contribution < 1.29 is 0 Å². The van der Waals surface area contributed by atoms with Crippen molar-refractivity contribution in [1.82, 2.24) is 0 Å². The summed E-state index contributed by atoms with van der Waals surface area (Å²) in [6.07, 6.45) is 12.1. The summed E-state index contributed by atoms with van der Waals surface area (Å²) >= 11 is 2.04. The molecule has 3 aliphatic rings. The highest BCUT2D eigenvalue weighted by atomic mass is 32.2. The molecule has 0 unspecified atom stereocenters. The minimum absolute atomic E-state index is 0.0402. The fraction of sp³-hybridized carbons (Fsp3) is 0.923. The first-order chi connectivity index (χ1) is 7.26. The fourth-order valence-corrected chi connectivity index (χ4v) is 5.42. The van der Waals surface area contributed by atoms with Gasteiger partial charge in [-0.2, -0.15) is 5.26 Å². The maximum absolute atomic E-state index is 9.36. The highest BCUT2D eigenvalue weighted by molar-refractivity contribution is 8.01.